The van der Waals surface area contributed by atoms with Crippen LogP contribution in [0.25, 0.3) is 11.0 Å². The van der Waals surface area contributed by atoms with Crippen molar-refractivity contribution in [2.75, 3.05) is 5.73 Å². The lowest BCUT2D eigenvalue weighted by atomic mass is 9.94. The molecular formula is C15H14BN3O. The molecule has 20 heavy (non-hydrogen) atoms. The number of aromatic nitrogens is 2. The van der Waals surface area contributed by atoms with Gasteiger partial charge in [0.1, 0.15) is 7.85 Å². The Morgan fingerprint density at radius 3 is 2.60 bits per heavy atom. The van der Waals surface area contributed by atoms with Crippen molar-refractivity contribution in [3.63, 3.8) is 0 Å². The molecule has 0 fully saturated rings. The van der Waals surface area contributed by atoms with E-state index in [1.165, 1.54) is 0 Å². The van der Waals surface area contributed by atoms with Crippen molar-refractivity contribution < 1.29 is 4.79 Å². The monoisotopic (exact) mass is 263 g/mol. The second-order valence-electron chi connectivity index (χ2n) is 4.83. The summed E-state index contributed by atoms with van der Waals surface area (Å²) in [7, 11) is 2.00. The molecule has 0 saturated heterocycles. The highest BCUT2D eigenvalue weighted by Crippen LogP contribution is 2.18. The van der Waals surface area contributed by atoms with E-state index in [2.05, 4.69) is 4.98 Å². The van der Waals surface area contributed by atoms with Crippen molar-refractivity contribution in [3.05, 3.63) is 54.1 Å². The number of ketones is 1. The first-order valence-corrected chi connectivity index (χ1v) is 6.46. The first kappa shape index (κ1) is 12.5. The lowest BCUT2D eigenvalue weighted by Crippen LogP contribution is -2.13. The fourth-order valence-corrected chi connectivity index (χ4v) is 2.23. The smallest absolute Gasteiger partial charge is 0.201 e. The molecule has 0 bridgehead atoms. The SMILES string of the molecule is Bc1ccc(C(=O)Cn2c(N)nc3ccccc32)cc1. The normalized spacial score (nSPS) is 10.8. The average Bonchev–Trinajstić information content (AvgIpc) is 2.76. The molecule has 2 N–H and O–H groups in total. The maximum absolute atomic E-state index is 12.3. The number of fused-ring (bicyclic) bond motifs is 1. The van der Waals surface area contributed by atoms with Crippen LogP contribution in [0.15, 0.2) is 48.5 Å². The van der Waals surface area contributed by atoms with E-state index in [0.717, 1.165) is 16.5 Å². The van der Waals surface area contributed by atoms with Crippen molar-refractivity contribution in [2.24, 2.45) is 0 Å². The summed E-state index contributed by atoms with van der Waals surface area (Å²) in [6.45, 7) is 0.204. The molecule has 0 atom stereocenters. The van der Waals surface area contributed by atoms with Gasteiger partial charge in [0.05, 0.1) is 17.6 Å². The topological polar surface area (TPSA) is 60.9 Å². The Morgan fingerprint density at radius 1 is 1.15 bits per heavy atom. The van der Waals surface area contributed by atoms with E-state index in [0.29, 0.717) is 11.5 Å². The number of anilines is 1. The Balaban J connectivity index is 1.95. The van der Waals surface area contributed by atoms with E-state index in [-0.39, 0.29) is 12.3 Å². The predicted octanol–water partition coefficient (Wildman–Crippen LogP) is 0.760. The minimum atomic E-state index is 0.0276. The van der Waals surface area contributed by atoms with Crippen molar-refractivity contribution in [1.29, 1.82) is 0 Å². The van der Waals surface area contributed by atoms with Crippen LogP contribution in [0, 0.1) is 0 Å². The van der Waals surface area contributed by atoms with Gasteiger partial charge in [-0.2, -0.15) is 0 Å². The van der Waals surface area contributed by atoms with Crippen LogP contribution < -0.4 is 11.2 Å². The molecule has 0 unspecified atom stereocenters. The summed E-state index contributed by atoms with van der Waals surface area (Å²) in [6.07, 6.45) is 0. The van der Waals surface area contributed by atoms with E-state index in [1.807, 2.05) is 56.4 Å². The minimum absolute atomic E-state index is 0.0276. The van der Waals surface area contributed by atoms with Crippen molar-refractivity contribution in [1.82, 2.24) is 9.55 Å². The Bertz CT molecular complexity index is 777. The van der Waals surface area contributed by atoms with Crippen molar-refractivity contribution in [3.8, 4) is 0 Å². The highest BCUT2D eigenvalue weighted by molar-refractivity contribution is 6.32. The molecule has 98 valence electrons. The van der Waals surface area contributed by atoms with Gasteiger partial charge in [0.15, 0.2) is 5.78 Å². The van der Waals surface area contributed by atoms with Crippen molar-refractivity contribution in [2.45, 2.75) is 6.54 Å². The van der Waals surface area contributed by atoms with Crippen LogP contribution in [-0.4, -0.2) is 23.2 Å². The first-order valence-electron chi connectivity index (χ1n) is 6.46. The average molecular weight is 263 g/mol. The van der Waals surface area contributed by atoms with E-state index in [9.17, 15) is 4.79 Å². The fraction of sp³-hybridized carbons (Fsp3) is 0.0667. The molecule has 0 aliphatic heterocycles. The summed E-state index contributed by atoms with van der Waals surface area (Å²) in [5.41, 5.74) is 9.41. The van der Waals surface area contributed by atoms with Crippen LogP contribution in [0.2, 0.25) is 0 Å². The third-order valence-electron chi connectivity index (χ3n) is 3.36. The summed E-state index contributed by atoms with van der Waals surface area (Å²) < 4.78 is 1.75. The number of Topliss-reactive ketones (excluding diaryl/α,β-unsaturated/α-hetero) is 1. The van der Waals surface area contributed by atoms with Gasteiger partial charge in [-0.3, -0.25) is 4.79 Å². The number of hydrogen-bond donors (Lipinski definition) is 1. The number of benzene rings is 2. The van der Waals surface area contributed by atoms with Crippen LogP contribution in [0.4, 0.5) is 5.95 Å². The zero-order valence-electron chi connectivity index (χ0n) is 11.2. The highest BCUT2D eigenvalue weighted by Gasteiger charge is 2.12. The molecule has 5 heteroatoms. The largest absolute Gasteiger partial charge is 0.369 e. The van der Waals surface area contributed by atoms with Gasteiger partial charge < -0.3 is 10.3 Å². The molecule has 4 nitrogen and oxygen atoms in total. The number of carbonyl (C=O) groups is 1. The van der Waals surface area contributed by atoms with Gasteiger partial charge >= 0.3 is 0 Å². The number of imidazole rings is 1. The van der Waals surface area contributed by atoms with Gasteiger partial charge in [0.2, 0.25) is 5.95 Å². The van der Waals surface area contributed by atoms with Crippen molar-refractivity contribution >= 4 is 36.1 Å². The van der Waals surface area contributed by atoms with Gasteiger partial charge in [-0.25, -0.2) is 4.98 Å². The minimum Gasteiger partial charge on any atom is -0.369 e. The molecule has 1 aromatic heterocycles. The van der Waals surface area contributed by atoms with Crippen LogP contribution in [0.1, 0.15) is 10.4 Å². The molecule has 2 aromatic carbocycles. The Hall–Kier alpha value is -2.56. The Kier molecular flexibility index (Phi) is 3.02. The summed E-state index contributed by atoms with van der Waals surface area (Å²) in [4.78, 5) is 16.6. The Labute approximate surface area is 117 Å². The number of nitrogen functional groups attached to an aromatic ring is 1. The summed E-state index contributed by atoms with van der Waals surface area (Å²) >= 11 is 0. The molecule has 0 saturated carbocycles. The third-order valence-corrected chi connectivity index (χ3v) is 3.36. The standard InChI is InChI=1S/C15H14BN3O/c16-11-7-5-10(6-8-11)14(20)9-19-13-4-2-1-3-12(13)18-15(19)17/h1-8H,9,16H2,(H2,17,18). The number of hydrogen-bond acceptors (Lipinski definition) is 3. The fourth-order valence-electron chi connectivity index (χ4n) is 2.23. The zero-order chi connectivity index (χ0) is 14.1. The van der Waals surface area contributed by atoms with Crippen LogP contribution in [0.3, 0.4) is 0 Å². The number of nitrogens with two attached hydrogens (primary N) is 1. The van der Waals surface area contributed by atoms with Gasteiger partial charge in [0.25, 0.3) is 0 Å². The molecule has 0 spiro atoms. The van der Waals surface area contributed by atoms with Gasteiger partial charge in [-0.15, -0.1) is 0 Å². The second kappa shape index (κ2) is 4.85. The molecule has 1 heterocycles. The number of para-hydroxylation sites is 2. The van der Waals surface area contributed by atoms with Gasteiger partial charge in [0, 0.05) is 5.56 Å². The molecule has 3 rings (SSSR count). The summed E-state index contributed by atoms with van der Waals surface area (Å²) in [5.74, 6) is 0.395. The maximum Gasteiger partial charge on any atom is 0.201 e. The van der Waals surface area contributed by atoms with E-state index in [4.69, 9.17) is 5.73 Å². The van der Waals surface area contributed by atoms with Crippen LogP contribution in [0.5, 0.6) is 0 Å². The molecule has 0 aliphatic rings. The third kappa shape index (κ3) is 2.18. The highest BCUT2D eigenvalue weighted by atomic mass is 16.1. The lowest BCUT2D eigenvalue weighted by Gasteiger charge is -2.06. The summed E-state index contributed by atoms with van der Waals surface area (Å²) in [6, 6.07) is 15.2. The molecule has 3 aromatic rings. The summed E-state index contributed by atoms with van der Waals surface area (Å²) in [5, 5.41) is 0. The molecule has 0 amide bonds. The number of rotatable bonds is 3. The molecular weight excluding hydrogens is 249 g/mol. The van der Waals surface area contributed by atoms with Gasteiger partial charge in [-0.05, 0) is 12.1 Å². The maximum atomic E-state index is 12.3. The lowest BCUT2D eigenvalue weighted by molar-refractivity contribution is 0.0974. The van der Waals surface area contributed by atoms with E-state index < -0.39 is 0 Å². The second-order valence-corrected chi connectivity index (χ2v) is 4.83. The number of nitrogens with zero attached hydrogens (tertiary/aromatic N) is 2. The van der Waals surface area contributed by atoms with E-state index in [1.54, 1.807) is 4.57 Å². The predicted molar refractivity (Wildman–Crippen MR) is 83.1 cm³/mol. The van der Waals surface area contributed by atoms with Gasteiger partial charge in [-0.1, -0.05) is 41.9 Å². The molecule has 0 radical (unpaired) electrons. The Morgan fingerprint density at radius 2 is 1.85 bits per heavy atom. The van der Waals surface area contributed by atoms with E-state index >= 15 is 0 Å². The quantitative estimate of drug-likeness (QED) is 0.560. The van der Waals surface area contributed by atoms with Crippen LogP contribution >= 0.6 is 0 Å². The zero-order valence-corrected chi connectivity index (χ0v) is 11.2. The van der Waals surface area contributed by atoms with Crippen LogP contribution in [-0.2, 0) is 6.54 Å². The number of carbonyl (C=O) groups excluding carboxylic acids is 1. The molecule has 0 aliphatic carbocycles. The first-order chi connectivity index (χ1) is 9.65.